The normalized spacial score (nSPS) is 18.2. The van der Waals surface area contributed by atoms with E-state index in [4.69, 9.17) is 0 Å². The Bertz CT molecular complexity index is 339. The van der Waals surface area contributed by atoms with E-state index in [0.717, 1.165) is 37.6 Å². The number of nitrogens with zero attached hydrogens (tertiary/aromatic N) is 2. The summed E-state index contributed by atoms with van der Waals surface area (Å²) in [6.07, 6.45) is 1.05. The maximum Gasteiger partial charge on any atom is 0.322 e. The third-order valence-corrected chi connectivity index (χ3v) is 3.54. The summed E-state index contributed by atoms with van der Waals surface area (Å²) in [5.41, 5.74) is 0. The van der Waals surface area contributed by atoms with Crippen LogP contribution in [-0.2, 0) is 0 Å². The molecule has 2 amide bonds. The summed E-state index contributed by atoms with van der Waals surface area (Å²) in [6, 6.07) is 3.89. The Morgan fingerprint density at radius 2 is 2.25 bits per heavy atom. The zero-order valence-corrected chi connectivity index (χ0v) is 10.3. The molecule has 2 heterocycles. The monoisotopic (exact) mass is 239 g/mol. The van der Waals surface area contributed by atoms with Crippen molar-refractivity contribution in [3.05, 3.63) is 17.5 Å². The molecule has 2 rings (SSSR count). The maximum atomic E-state index is 11.9. The Labute approximate surface area is 99.9 Å². The van der Waals surface area contributed by atoms with Gasteiger partial charge >= 0.3 is 6.03 Å². The van der Waals surface area contributed by atoms with E-state index in [1.807, 2.05) is 22.4 Å². The minimum atomic E-state index is 0.0257. The van der Waals surface area contributed by atoms with Gasteiger partial charge in [0.05, 0.1) is 5.00 Å². The number of likely N-dealkylation sites (N-methyl/N-ethyl adjacent to an activating group) is 1. The van der Waals surface area contributed by atoms with E-state index in [1.54, 1.807) is 11.3 Å². The highest BCUT2D eigenvalue weighted by atomic mass is 32.1. The number of thiophene rings is 1. The fourth-order valence-electron chi connectivity index (χ4n) is 1.78. The molecule has 4 nitrogen and oxygen atoms in total. The van der Waals surface area contributed by atoms with Gasteiger partial charge in [-0.25, -0.2) is 4.79 Å². The second kappa shape index (κ2) is 5.32. The molecular weight excluding hydrogens is 222 g/mol. The van der Waals surface area contributed by atoms with Gasteiger partial charge in [0, 0.05) is 19.6 Å². The lowest BCUT2D eigenvalue weighted by Crippen LogP contribution is -2.37. The SMILES string of the molecule is CN1CCCN(C(=O)Nc2cccs2)CC1. The van der Waals surface area contributed by atoms with Crippen molar-refractivity contribution < 1.29 is 4.79 Å². The maximum absolute atomic E-state index is 11.9. The van der Waals surface area contributed by atoms with Gasteiger partial charge in [0.25, 0.3) is 0 Å². The number of carbonyl (C=O) groups excluding carboxylic acids is 1. The quantitative estimate of drug-likeness (QED) is 0.812. The molecule has 0 spiro atoms. The van der Waals surface area contributed by atoms with Crippen molar-refractivity contribution in [1.29, 1.82) is 0 Å². The second-order valence-electron chi connectivity index (χ2n) is 4.05. The first-order chi connectivity index (χ1) is 7.75. The minimum Gasteiger partial charge on any atom is -0.323 e. The van der Waals surface area contributed by atoms with Crippen molar-refractivity contribution in [2.75, 3.05) is 38.5 Å². The predicted molar refractivity (Wildman–Crippen MR) is 67.0 cm³/mol. The van der Waals surface area contributed by atoms with E-state index >= 15 is 0 Å². The number of rotatable bonds is 1. The average molecular weight is 239 g/mol. The number of amides is 2. The molecule has 1 aromatic heterocycles. The molecular formula is C11H17N3OS. The van der Waals surface area contributed by atoms with Crippen LogP contribution in [0.4, 0.5) is 9.80 Å². The predicted octanol–water partition coefficient (Wildman–Crippen LogP) is 1.92. The summed E-state index contributed by atoms with van der Waals surface area (Å²) in [4.78, 5) is 16.1. The third kappa shape index (κ3) is 2.96. The van der Waals surface area contributed by atoms with Crippen LogP contribution >= 0.6 is 11.3 Å². The van der Waals surface area contributed by atoms with E-state index < -0.39 is 0 Å². The molecule has 0 saturated carbocycles. The molecule has 0 bridgehead atoms. The molecule has 1 N–H and O–H groups in total. The Morgan fingerprint density at radius 1 is 1.38 bits per heavy atom. The van der Waals surface area contributed by atoms with Gasteiger partial charge in [0.2, 0.25) is 0 Å². The summed E-state index contributed by atoms with van der Waals surface area (Å²) >= 11 is 1.55. The summed E-state index contributed by atoms with van der Waals surface area (Å²) < 4.78 is 0. The number of nitrogens with one attached hydrogen (secondary N) is 1. The first-order valence-corrected chi connectivity index (χ1v) is 6.41. The van der Waals surface area contributed by atoms with Crippen LogP contribution in [0, 0.1) is 0 Å². The van der Waals surface area contributed by atoms with E-state index in [1.165, 1.54) is 0 Å². The van der Waals surface area contributed by atoms with Gasteiger partial charge in [-0.05, 0) is 37.5 Å². The largest absolute Gasteiger partial charge is 0.323 e. The first kappa shape index (κ1) is 11.4. The topological polar surface area (TPSA) is 35.6 Å². The van der Waals surface area contributed by atoms with E-state index in [9.17, 15) is 4.79 Å². The van der Waals surface area contributed by atoms with Gasteiger partial charge in [0.1, 0.15) is 0 Å². The van der Waals surface area contributed by atoms with E-state index in [-0.39, 0.29) is 6.03 Å². The fourth-order valence-corrected chi connectivity index (χ4v) is 2.39. The molecule has 0 unspecified atom stereocenters. The molecule has 0 aliphatic carbocycles. The van der Waals surface area contributed by atoms with Gasteiger partial charge in [-0.15, -0.1) is 11.3 Å². The van der Waals surface area contributed by atoms with Crippen LogP contribution < -0.4 is 5.32 Å². The molecule has 1 aromatic rings. The van der Waals surface area contributed by atoms with Crippen LogP contribution in [-0.4, -0.2) is 49.1 Å². The van der Waals surface area contributed by atoms with Crippen molar-refractivity contribution in [3.8, 4) is 0 Å². The summed E-state index contributed by atoms with van der Waals surface area (Å²) in [5.74, 6) is 0. The zero-order valence-electron chi connectivity index (χ0n) is 9.48. The van der Waals surface area contributed by atoms with Crippen molar-refractivity contribution in [2.24, 2.45) is 0 Å². The number of carbonyl (C=O) groups is 1. The highest BCUT2D eigenvalue weighted by molar-refractivity contribution is 7.14. The first-order valence-electron chi connectivity index (χ1n) is 5.54. The van der Waals surface area contributed by atoms with Crippen molar-refractivity contribution in [2.45, 2.75) is 6.42 Å². The molecule has 1 fully saturated rings. The molecule has 1 aliphatic rings. The molecule has 5 heteroatoms. The van der Waals surface area contributed by atoms with Crippen LogP contribution in [0.2, 0.25) is 0 Å². The number of anilines is 1. The highest BCUT2D eigenvalue weighted by Gasteiger charge is 2.17. The fraction of sp³-hybridized carbons (Fsp3) is 0.545. The molecule has 88 valence electrons. The Morgan fingerprint density at radius 3 is 3.00 bits per heavy atom. The minimum absolute atomic E-state index is 0.0257. The van der Waals surface area contributed by atoms with Gasteiger partial charge in [-0.3, -0.25) is 5.32 Å². The van der Waals surface area contributed by atoms with E-state index in [0.29, 0.717) is 0 Å². The summed E-state index contributed by atoms with van der Waals surface area (Å²) in [6.45, 7) is 3.69. The Balaban J connectivity index is 1.89. The number of urea groups is 1. The standard InChI is InChI=1S/C11H17N3OS/c1-13-5-3-6-14(8-7-13)11(15)12-10-4-2-9-16-10/h2,4,9H,3,5-8H2,1H3,(H,12,15). The zero-order chi connectivity index (χ0) is 11.4. The van der Waals surface area contributed by atoms with Crippen molar-refractivity contribution in [3.63, 3.8) is 0 Å². The lowest BCUT2D eigenvalue weighted by molar-refractivity contribution is 0.213. The molecule has 0 atom stereocenters. The van der Waals surface area contributed by atoms with Crippen LogP contribution in [0.5, 0.6) is 0 Å². The molecule has 1 aliphatic heterocycles. The molecule has 16 heavy (non-hydrogen) atoms. The lowest BCUT2D eigenvalue weighted by atomic mass is 10.4. The van der Waals surface area contributed by atoms with Crippen molar-refractivity contribution in [1.82, 2.24) is 9.80 Å². The van der Waals surface area contributed by atoms with E-state index in [2.05, 4.69) is 17.3 Å². The smallest absolute Gasteiger partial charge is 0.322 e. The lowest BCUT2D eigenvalue weighted by Gasteiger charge is -2.20. The summed E-state index contributed by atoms with van der Waals surface area (Å²) in [5, 5.41) is 5.80. The average Bonchev–Trinajstić information content (AvgIpc) is 2.66. The molecule has 0 aromatic carbocycles. The van der Waals surface area contributed by atoms with Crippen LogP contribution in [0.1, 0.15) is 6.42 Å². The number of hydrogen-bond donors (Lipinski definition) is 1. The third-order valence-electron chi connectivity index (χ3n) is 2.76. The highest BCUT2D eigenvalue weighted by Crippen LogP contribution is 2.15. The number of hydrogen-bond acceptors (Lipinski definition) is 3. The van der Waals surface area contributed by atoms with Gasteiger partial charge in [0.15, 0.2) is 0 Å². The van der Waals surface area contributed by atoms with Gasteiger partial charge < -0.3 is 9.80 Å². The molecule has 0 radical (unpaired) electrons. The Hall–Kier alpha value is -1.07. The summed E-state index contributed by atoms with van der Waals surface area (Å²) in [7, 11) is 2.10. The van der Waals surface area contributed by atoms with Gasteiger partial charge in [-0.2, -0.15) is 0 Å². The van der Waals surface area contributed by atoms with Crippen LogP contribution in [0.15, 0.2) is 17.5 Å². The van der Waals surface area contributed by atoms with Crippen molar-refractivity contribution >= 4 is 22.4 Å². The molecule has 1 saturated heterocycles. The van der Waals surface area contributed by atoms with Crippen LogP contribution in [0.25, 0.3) is 0 Å². The Kier molecular flexibility index (Phi) is 3.79. The van der Waals surface area contributed by atoms with Crippen LogP contribution in [0.3, 0.4) is 0 Å². The van der Waals surface area contributed by atoms with Gasteiger partial charge in [-0.1, -0.05) is 0 Å². The second-order valence-corrected chi connectivity index (χ2v) is 5.00.